The molecule has 0 spiro atoms. The van der Waals surface area contributed by atoms with Crippen molar-refractivity contribution >= 4 is 17.3 Å². The van der Waals surface area contributed by atoms with Crippen molar-refractivity contribution in [3.63, 3.8) is 0 Å². The van der Waals surface area contributed by atoms with E-state index in [0.717, 1.165) is 10.7 Å². The summed E-state index contributed by atoms with van der Waals surface area (Å²) in [6, 6.07) is 5.84. The van der Waals surface area contributed by atoms with Crippen molar-refractivity contribution in [1.29, 1.82) is 0 Å². The van der Waals surface area contributed by atoms with E-state index in [4.69, 9.17) is 17.3 Å². The molecule has 1 aromatic heterocycles. The van der Waals surface area contributed by atoms with Gasteiger partial charge in [0.15, 0.2) is 5.69 Å². The number of nitrogens with zero attached hydrogens (tertiary/aromatic N) is 2. The van der Waals surface area contributed by atoms with Crippen LogP contribution in [0.3, 0.4) is 0 Å². The monoisotopic (exact) mass is 275 g/mol. The largest absolute Gasteiger partial charge is 0.435 e. The van der Waals surface area contributed by atoms with Crippen LogP contribution in [0.25, 0.3) is 0 Å². The van der Waals surface area contributed by atoms with Gasteiger partial charge < -0.3 is 5.73 Å². The topological polar surface area (TPSA) is 43.8 Å². The fourth-order valence-corrected chi connectivity index (χ4v) is 1.75. The van der Waals surface area contributed by atoms with Crippen LogP contribution in [-0.2, 0) is 12.7 Å². The highest BCUT2D eigenvalue weighted by atomic mass is 35.5. The number of rotatable bonds is 2. The first kappa shape index (κ1) is 12.8. The summed E-state index contributed by atoms with van der Waals surface area (Å²) in [4.78, 5) is 0. The smallest absolute Gasteiger partial charge is 0.398 e. The molecule has 96 valence electrons. The van der Waals surface area contributed by atoms with Crippen LogP contribution in [0.5, 0.6) is 0 Å². The van der Waals surface area contributed by atoms with Crippen molar-refractivity contribution in [1.82, 2.24) is 9.78 Å². The van der Waals surface area contributed by atoms with Crippen LogP contribution in [0.4, 0.5) is 18.9 Å². The number of nitrogen functional groups attached to an aromatic ring is 1. The van der Waals surface area contributed by atoms with E-state index in [9.17, 15) is 13.2 Å². The van der Waals surface area contributed by atoms with Gasteiger partial charge in [-0.25, -0.2) is 0 Å². The molecular formula is C11H9ClF3N3. The van der Waals surface area contributed by atoms with Gasteiger partial charge in [0.05, 0.1) is 6.54 Å². The van der Waals surface area contributed by atoms with Crippen LogP contribution >= 0.6 is 11.6 Å². The second-order valence-electron chi connectivity index (χ2n) is 3.70. The summed E-state index contributed by atoms with van der Waals surface area (Å²) >= 11 is 5.93. The van der Waals surface area contributed by atoms with Crippen LogP contribution in [-0.4, -0.2) is 9.78 Å². The van der Waals surface area contributed by atoms with Crippen molar-refractivity contribution in [3.05, 3.63) is 46.7 Å². The molecule has 0 aliphatic heterocycles. The number of alkyl halides is 3. The predicted octanol–water partition coefficient (Wildman–Crippen LogP) is 3.19. The molecule has 1 aromatic carbocycles. The number of aromatic nitrogens is 2. The number of nitrogens with two attached hydrogens (primary N) is 1. The maximum absolute atomic E-state index is 12.4. The molecule has 2 N–H and O–H groups in total. The van der Waals surface area contributed by atoms with Gasteiger partial charge in [0, 0.05) is 22.5 Å². The minimum atomic E-state index is -4.45. The maximum Gasteiger partial charge on any atom is 0.435 e. The summed E-state index contributed by atoms with van der Waals surface area (Å²) in [6.07, 6.45) is -3.21. The Hall–Kier alpha value is -1.69. The third-order valence-corrected chi connectivity index (χ3v) is 2.76. The van der Waals surface area contributed by atoms with Crippen molar-refractivity contribution in [3.8, 4) is 0 Å². The Morgan fingerprint density at radius 2 is 2.00 bits per heavy atom. The minimum Gasteiger partial charge on any atom is -0.398 e. The number of hydrogen-bond acceptors (Lipinski definition) is 2. The average molecular weight is 276 g/mol. The highest BCUT2D eigenvalue weighted by molar-refractivity contribution is 6.31. The molecule has 0 radical (unpaired) electrons. The lowest BCUT2D eigenvalue weighted by Crippen LogP contribution is -2.09. The summed E-state index contributed by atoms with van der Waals surface area (Å²) in [6.45, 7) is 0.0988. The van der Waals surface area contributed by atoms with Gasteiger partial charge in [0.2, 0.25) is 0 Å². The van der Waals surface area contributed by atoms with Gasteiger partial charge in [-0.05, 0) is 18.2 Å². The zero-order valence-corrected chi connectivity index (χ0v) is 9.83. The fraction of sp³-hybridized carbons (Fsp3) is 0.182. The second kappa shape index (κ2) is 4.53. The number of hydrogen-bond donors (Lipinski definition) is 1. The first-order valence-electron chi connectivity index (χ1n) is 5.01. The molecule has 0 saturated carbocycles. The van der Waals surface area contributed by atoms with E-state index >= 15 is 0 Å². The molecule has 0 fully saturated rings. The molecule has 3 nitrogen and oxygen atoms in total. The molecule has 0 unspecified atom stereocenters. The van der Waals surface area contributed by atoms with E-state index in [-0.39, 0.29) is 6.54 Å². The summed E-state index contributed by atoms with van der Waals surface area (Å²) in [5.74, 6) is 0. The Labute approximate surface area is 106 Å². The van der Waals surface area contributed by atoms with Gasteiger partial charge in [0.1, 0.15) is 0 Å². The van der Waals surface area contributed by atoms with Crippen LogP contribution < -0.4 is 5.73 Å². The van der Waals surface area contributed by atoms with Crippen LogP contribution in [0.1, 0.15) is 11.3 Å². The Kier molecular flexibility index (Phi) is 3.21. The summed E-state index contributed by atoms with van der Waals surface area (Å²) < 4.78 is 38.3. The lowest BCUT2D eigenvalue weighted by atomic mass is 10.2. The van der Waals surface area contributed by atoms with Gasteiger partial charge >= 0.3 is 6.18 Å². The number of halogens is 4. The van der Waals surface area contributed by atoms with Crippen molar-refractivity contribution < 1.29 is 13.2 Å². The Morgan fingerprint density at radius 3 is 2.56 bits per heavy atom. The second-order valence-corrected chi connectivity index (χ2v) is 4.11. The standard InChI is InChI=1S/C11H9ClF3N3/c12-8-2-1-3-9(16)7(8)6-18-5-4-10(17-18)11(13,14)15/h1-5H,6,16H2. The Bertz CT molecular complexity index is 543. The highest BCUT2D eigenvalue weighted by Crippen LogP contribution is 2.28. The van der Waals surface area contributed by atoms with Crippen LogP contribution in [0.2, 0.25) is 5.02 Å². The third-order valence-electron chi connectivity index (χ3n) is 2.41. The molecule has 0 saturated heterocycles. The average Bonchev–Trinajstić information content (AvgIpc) is 2.72. The van der Waals surface area contributed by atoms with E-state index in [1.807, 2.05) is 0 Å². The molecule has 2 aromatic rings. The molecule has 0 aliphatic carbocycles. The molecule has 18 heavy (non-hydrogen) atoms. The van der Waals surface area contributed by atoms with Crippen molar-refractivity contribution in [2.24, 2.45) is 0 Å². The molecule has 0 atom stereocenters. The zero-order chi connectivity index (χ0) is 13.3. The Morgan fingerprint density at radius 1 is 1.28 bits per heavy atom. The molecule has 1 heterocycles. The molecule has 2 rings (SSSR count). The summed E-state index contributed by atoms with van der Waals surface area (Å²) in [7, 11) is 0. The first-order valence-corrected chi connectivity index (χ1v) is 5.39. The maximum atomic E-state index is 12.4. The van der Waals surface area contributed by atoms with Gasteiger partial charge in [-0.2, -0.15) is 18.3 Å². The van der Waals surface area contributed by atoms with Gasteiger partial charge in [0.25, 0.3) is 0 Å². The minimum absolute atomic E-state index is 0.0988. The number of anilines is 1. The third kappa shape index (κ3) is 2.59. The first-order chi connectivity index (χ1) is 8.38. The van der Waals surface area contributed by atoms with Crippen LogP contribution in [0.15, 0.2) is 30.5 Å². The lowest BCUT2D eigenvalue weighted by molar-refractivity contribution is -0.141. The highest BCUT2D eigenvalue weighted by Gasteiger charge is 2.33. The summed E-state index contributed by atoms with van der Waals surface area (Å²) in [5.41, 5.74) is 5.75. The molecule has 0 amide bonds. The molecule has 0 aliphatic rings. The predicted molar refractivity (Wildman–Crippen MR) is 62.2 cm³/mol. The van der Waals surface area contributed by atoms with E-state index in [0.29, 0.717) is 16.3 Å². The Balaban J connectivity index is 2.27. The SMILES string of the molecule is Nc1cccc(Cl)c1Cn1ccc(C(F)(F)F)n1. The van der Waals surface area contributed by atoms with E-state index in [1.54, 1.807) is 18.2 Å². The zero-order valence-electron chi connectivity index (χ0n) is 9.08. The molecule has 7 heteroatoms. The fourth-order valence-electron chi connectivity index (χ4n) is 1.51. The van der Waals surface area contributed by atoms with E-state index < -0.39 is 11.9 Å². The molecular weight excluding hydrogens is 267 g/mol. The normalized spacial score (nSPS) is 11.8. The van der Waals surface area contributed by atoms with Crippen LogP contribution in [0, 0.1) is 0 Å². The lowest BCUT2D eigenvalue weighted by Gasteiger charge is -2.08. The number of benzene rings is 1. The molecule has 0 bridgehead atoms. The van der Waals surface area contributed by atoms with Gasteiger partial charge in [-0.1, -0.05) is 17.7 Å². The van der Waals surface area contributed by atoms with Gasteiger partial charge in [-0.3, -0.25) is 4.68 Å². The quantitative estimate of drug-likeness (QED) is 0.856. The van der Waals surface area contributed by atoms with Crippen molar-refractivity contribution in [2.45, 2.75) is 12.7 Å². The summed E-state index contributed by atoms with van der Waals surface area (Å²) in [5, 5.41) is 3.84. The van der Waals surface area contributed by atoms with Crippen molar-refractivity contribution in [2.75, 3.05) is 5.73 Å². The van der Waals surface area contributed by atoms with E-state index in [1.165, 1.54) is 6.20 Å². The van der Waals surface area contributed by atoms with E-state index in [2.05, 4.69) is 5.10 Å². The van der Waals surface area contributed by atoms with Gasteiger partial charge in [-0.15, -0.1) is 0 Å².